The summed E-state index contributed by atoms with van der Waals surface area (Å²) in [7, 11) is 0. The van der Waals surface area contributed by atoms with Crippen molar-refractivity contribution in [2.24, 2.45) is 0 Å². The molecule has 0 unspecified atom stereocenters. The summed E-state index contributed by atoms with van der Waals surface area (Å²) in [5.41, 5.74) is 0.577. The van der Waals surface area contributed by atoms with Gasteiger partial charge in [-0.15, -0.1) is 5.10 Å². The van der Waals surface area contributed by atoms with Gasteiger partial charge >= 0.3 is 5.97 Å². The van der Waals surface area contributed by atoms with E-state index >= 15 is 0 Å². The van der Waals surface area contributed by atoms with E-state index in [9.17, 15) is 14.9 Å². The minimum absolute atomic E-state index is 0.111. The maximum atomic E-state index is 10.9. The number of aliphatic carboxylic acids is 1. The number of carboxylic acids is 1. The van der Waals surface area contributed by atoms with Crippen LogP contribution in [0, 0.1) is 10.1 Å². The van der Waals surface area contributed by atoms with Crippen LogP contribution in [0.15, 0.2) is 24.4 Å². The molecule has 9 heteroatoms. The third kappa shape index (κ3) is 3.29. The number of carboxylic acid groups (broad SMARTS) is 1. The molecule has 0 saturated heterocycles. The van der Waals surface area contributed by atoms with Crippen LogP contribution >= 0.6 is 11.6 Å². The fourth-order valence-electron chi connectivity index (χ4n) is 1.67. The van der Waals surface area contributed by atoms with Crippen molar-refractivity contribution in [3.63, 3.8) is 0 Å². The molecule has 0 saturated carbocycles. The summed E-state index contributed by atoms with van der Waals surface area (Å²) in [5, 5.41) is 27.3. The lowest BCUT2D eigenvalue weighted by Gasteiger charge is -2.03. The van der Waals surface area contributed by atoms with E-state index in [1.54, 1.807) is 6.07 Å². The Morgan fingerprint density at radius 3 is 2.90 bits per heavy atom. The summed E-state index contributed by atoms with van der Waals surface area (Å²) in [6, 6.07) is 4.32. The van der Waals surface area contributed by atoms with Crippen molar-refractivity contribution in [3.05, 3.63) is 50.8 Å². The zero-order valence-electron chi connectivity index (χ0n) is 10.1. The number of carbonyl (C=O) groups is 1. The molecule has 8 nitrogen and oxygen atoms in total. The molecule has 0 aliphatic carbocycles. The standard InChI is InChI=1S/C11H9ClN4O4/c12-8-2-1-7(10(3-8)16(19)20)5-15-6-9(13-14-15)4-11(17)18/h1-3,6H,4-5H2,(H,17,18). The summed E-state index contributed by atoms with van der Waals surface area (Å²) in [6.07, 6.45) is 1.19. The number of nitro groups is 1. The molecule has 0 fully saturated rings. The second-order valence-electron chi connectivity index (χ2n) is 4.01. The van der Waals surface area contributed by atoms with Gasteiger partial charge in [0.2, 0.25) is 0 Å². The average Bonchev–Trinajstić information content (AvgIpc) is 2.77. The fourth-order valence-corrected chi connectivity index (χ4v) is 1.83. The van der Waals surface area contributed by atoms with Crippen LogP contribution in [0.5, 0.6) is 0 Å². The van der Waals surface area contributed by atoms with E-state index in [0.29, 0.717) is 5.56 Å². The van der Waals surface area contributed by atoms with E-state index in [2.05, 4.69) is 10.3 Å². The summed E-state index contributed by atoms with van der Waals surface area (Å²) < 4.78 is 1.34. The minimum atomic E-state index is -1.02. The molecule has 0 aliphatic heterocycles. The molecule has 0 atom stereocenters. The number of rotatable bonds is 5. The third-order valence-corrected chi connectivity index (χ3v) is 2.73. The van der Waals surface area contributed by atoms with Crippen LogP contribution < -0.4 is 0 Å². The molecule has 0 spiro atoms. The normalized spacial score (nSPS) is 10.4. The van der Waals surface area contributed by atoms with Gasteiger partial charge in [-0.3, -0.25) is 14.9 Å². The zero-order chi connectivity index (χ0) is 14.7. The molecule has 1 aromatic heterocycles. The summed E-state index contributed by atoms with van der Waals surface area (Å²) in [5.74, 6) is -1.02. The zero-order valence-corrected chi connectivity index (χ0v) is 10.8. The number of halogens is 1. The summed E-state index contributed by atoms with van der Waals surface area (Å²) in [4.78, 5) is 20.9. The van der Waals surface area contributed by atoms with Gasteiger partial charge in [-0.1, -0.05) is 16.8 Å². The highest BCUT2D eigenvalue weighted by Gasteiger charge is 2.15. The Kier molecular flexibility index (Phi) is 3.94. The van der Waals surface area contributed by atoms with Gasteiger partial charge in [0.05, 0.1) is 29.1 Å². The lowest BCUT2D eigenvalue weighted by molar-refractivity contribution is -0.385. The van der Waals surface area contributed by atoms with Crippen LogP contribution in [-0.4, -0.2) is 31.0 Å². The van der Waals surface area contributed by atoms with Crippen LogP contribution in [0.4, 0.5) is 5.69 Å². The second kappa shape index (κ2) is 5.66. The number of benzene rings is 1. The first-order valence-corrected chi connectivity index (χ1v) is 5.87. The van der Waals surface area contributed by atoms with Gasteiger partial charge in [0.25, 0.3) is 5.69 Å². The summed E-state index contributed by atoms with van der Waals surface area (Å²) in [6.45, 7) is 0.111. The molecule has 1 heterocycles. The van der Waals surface area contributed by atoms with Crippen LogP contribution in [0.3, 0.4) is 0 Å². The highest BCUT2D eigenvalue weighted by Crippen LogP contribution is 2.23. The monoisotopic (exact) mass is 296 g/mol. The summed E-state index contributed by atoms with van der Waals surface area (Å²) >= 11 is 5.72. The Hall–Kier alpha value is -2.48. The quantitative estimate of drug-likeness (QED) is 0.661. The Morgan fingerprint density at radius 2 is 2.25 bits per heavy atom. The van der Waals surface area contributed by atoms with Crippen LogP contribution in [0.25, 0.3) is 0 Å². The van der Waals surface area contributed by atoms with Gasteiger partial charge in [0, 0.05) is 17.3 Å². The van der Waals surface area contributed by atoms with E-state index < -0.39 is 10.9 Å². The number of aromatic nitrogens is 3. The molecule has 2 rings (SSSR count). The molecule has 0 aliphatic rings. The first kappa shape index (κ1) is 13.9. The molecule has 1 N–H and O–H groups in total. The number of hydrogen-bond donors (Lipinski definition) is 1. The van der Waals surface area contributed by atoms with Crippen molar-refractivity contribution in [1.29, 1.82) is 0 Å². The van der Waals surface area contributed by atoms with Crippen molar-refractivity contribution in [3.8, 4) is 0 Å². The van der Waals surface area contributed by atoms with Gasteiger partial charge < -0.3 is 5.11 Å². The predicted molar refractivity (Wildman–Crippen MR) is 68.6 cm³/mol. The molecule has 0 bridgehead atoms. The van der Waals surface area contributed by atoms with Gasteiger partial charge in [-0.25, -0.2) is 4.68 Å². The van der Waals surface area contributed by atoms with Crippen molar-refractivity contribution in [1.82, 2.24) is 15.0 Å². The number of nitro benzene ring substituents is 1. The SMILES string of the molecule is O=C(O)Cc1cn(Cc2ccc(Cl)cc2[N+](=O)[O-])nn1. The van der Waals surface area contributed by atoms with E-state index in [-0.39, 0.29) is 29.4 Å². The topological polar surface area (TPSA) is 111 Å². The fraction of sp³-hybridized carbons (Fsp3) is 0.182. The van der Waals surface area contributed by atoms with Gasteiger partial charge in [0.1, 0.15) is 0 Å². The maximum absolute atomic E-state index is 10.9. The highest BCUT2D eigenvalue weighted by molar-refractivity contribution is 6.30. The number of nitrogens with zero attached hydrogens (tertiary/aromatic N) is 4. The molecule has 20 heavy (non-hydrogen) atoms. The smallest absolute Gasteiger partial charge is 0.309 e. The Balaban J connectivity index is 2.23. The minimum Gasteiger partial charge on any atom is -0.481 e. The molecular formula is C11H9ClN4O4. The van der Waals surface area contributed by atoms with Crippen LogP contribution in [-0.2, 0) is 17.8 Å². The van der Waals surface area contributed by atoms with Crippen molar-refractivity contribution >= 4 is 23.3 Å². The molecule has 1 aromatic carbocycles. The van der Waals surface area contributed by atoms with Gasteiger partial charge in [-0.05, 0) is 12.1 Å². The van der Waals surface area contributed by atoms with Gasteiger partial charge in [0.15, 0.2) is 0 Å². The van der Waals surface area contributed by atoms with Crippen molar-refractivity contribution in [2.75, 3.05) is 0 Å². The maximum Gasteiger partial charge on any atom is 0.309 e. The van der Waals surface area contributed by atoms with Crippen LogP contribution in [0.2, 0.25) is 5.02 Å². The van der Waals surface area contributed by atoms with E-state index in [1.165, 1.54) is 23.0 Å². The molecule has 0 radical (unpaired) electrons. The van der Waals surface area contributed by atoms with Gasteiger partial charge in [-0.2, -0.15) is 0 Å². The predicted octanol–water partition coefficient (Wildman–Crippen LogP) is 1.52. The van der Waals surface area contributed by atoms with Crippen molar-refractivity contribution < 1.29 is 14.8 Å². The Bertz CT molecular complexity index is 670. The van der Waals surface area contributed by atoms with E-state index in [0.717, 1.165) is 0 Å². The van der Waals surface area contributed by atoms with Crippen LogP contribution in [0.1, 0.15) is 11.3 Å². The largest absolute Gasteiger partial charge is 0.481 e. The van der Waals surface area contributed by atoms with E-state index in [1.807, 2.05) is 0 Å². The molecular weight excluding hydrogens is 288 g/mol. The second-order valence-corrected chi connectivity index (χ2v) is 4.44. The Morgan fingerprint density at radius 1 is 1.50 bits per heavy atom. The third-order valence-electron chi connectivity index (χ3n) is 2.49. The lowest BCUT2D eigenvalue weighted by atomic mass is 10.2. The average molecular weight is 297 g/mol. The van der Waals surface area contributed by atoms with Crippen molar-refractivity contribution in [2.45, 2.75) is 13.0 Å². The molecule has 0 amide bonds. The molecule has 104 valence electrons. The molecule has 2 aromatic rings. The Labute approximate surface area is 117 Å². The first-order chi connectivity index (χ1) is 9.45. The lowest BCUT2D eigenvalue weighted by Crippen LogP contribution is -2.04. The highest BCUT2D eigenvalue weighted by atomic mass is 35.5. The van der Waals surface area contributed by atoms with E-state index in [4.69, 9.17) is 16.7 Å². The first-order valence-electron chi connectivity index (χ1n) is 5.49. The number of hydrogen-bond acceptors (Lipinski definition) is 5.